The first-order valence-electron chi connectivity index (χ1n) is 25.7. The van der Waals surface area contributed by atoms with E-state index in [1.165, 1.54) is 0 Å². The van der Waals surface area contributed by atoms with Crippen LogP contribution in [-0.4, -0.2) is 128 Å². The second-order valence-electron chi connectivity index (χ2n) is 19.8. The highest BCUT2D eigenvalue weighted by atomic mass is 16.4. The predicted octanol–water partition coefficient (Wildman–Crippen LogP) is 2.09. The van der Waals surface area contributed by atoms with E-state index >= 15 is 0 Å². The fourth-order valence-corrected chi connectivity index (χ4v) is 8.38. The van der Waals surface area contributed by atoms with E-state index in [0.717, 1.165) is 10.9 Å². The van der Waals surface area contributed by atoms with Crippen LogP contribution in [0.4, 0.5) is 0 Å². The van der Waals surface area contributed by atoms with Crippen molar-refractivity contribution >= 4 is 70.2 Å². The largest absolute Gasteiger partial charge is 0.481 e. The van der Waals surface area contributed by atoms with Crippen molar-refractivity contribution < 1.29 is 63.3 Å². The lowest BCUT2D eigenvalue weighted by atomic mass is 9.96. The summed E-state index contributed by atoms with van der Waals surface area (Å²) in [4.78, 5) is 137. The first-order chi connectivity index (χ1) is 36.5. The SMILES string of the molecule is CC[C@H](C)[C@H](NC(=O)[C@@H](N)CCC(=O)O)C(=O)N[C@@H](Cc1ccccc1)C(=O)N[C@@H](Cc1ccccc1)C(=O)N[C@@H](CCC(=O)O)C(=O)N[C@H](C(=O)N[C@H](C(=O)N[C@@H](Cc1c[nH]c2ccccc12)C(=O)O)C(C)C)C(C)C. The number of nitrogens with one attached hydrogen (secondary N) is 8. The van der Waals surface area contributed by atoms with Crippen LogP contribution in [0.25, 0.3) is 10.9 Å². The molecule has 1 aromatic heterocycles. The molecule has 1 heterocycles. The van der Waals surface area contributed by atoms with Crippen LogP contribution < -0.4 is 43.0 Å². The predicted molar refractivity (Wildman–Crippen MR) is 284 cm³/mol. The van der Waals surface area contributed by atoms with Crippen LogP contribution in [0, 0.1) is 17.8 Å². The Morgan fingerprint density at radius 3 is 1.40 bits per heavy atom. The van der Waals surface area contributed by atoms with Gasteiger partial charge in [0.25, 0.3) is 0 Å². The monoisotopic (exact) mass is 1070 g/mol. The molecule has 0 aliphatic heterocycles. The zero-order valence-corrected chi connectivity index (χ0v) is 44.2. The minimum absolute atomic E-state index is 0.0751. The van der Waals surface area contributed by atoms with Gasteiger partial charge in [0, 0.05) is 49.2 Å². The number of aliphatic carboxylic acids is 3. The molecule has 0 aliphatic carbocycles. The van der Waals surface area contributed by atoms with E-state index in [1.807, 2.05) is 18.2 Å². The Morgan fingerprint density at radius 1 is 0.481 bits per heavy atom. The second-order valence-corrected chi connectivity index (χ2v) is 19.8. The van der Waals surface area contributed by atoms with Crippen LogP contribution in [0.1, 0.15) is 90.3 Å². The molecule has 22 nitrogen and oxygen atoms in total. The summed E-state index contributed by atoms with van der Waals surface area (Å²) >= 11 is 0. The number of nitrogens with two attached hydrogens (primary N) is 1. The highest BCUT2D eigenvalue weighted by molar-refractivity contribution is 5.98. The van der Waals surface area contributed by atoms with Gasteiger partial charge in [0.05, 0.1) is 6.04 Å². The highest BCUT2D eigenvalue weighted by Crippen LogP contribution is 2.20. The Balaban J connectivity index is 1.58. The number of hydrogen-bond acceptors (Lipinski definition) is 11. The van der Waals surface area contributed by atoms with Gasteiger partial charge in [0.2, 0.25) is 41.4 Å². The number of aromatic amines is 1. The molecule has 4 aromatic rings. The number of fused-ring (bicyclic) bond motifs is 1. The molecule has 416 valence electrons. The number of benzene rings is 3. The van der Waals surface area contributed by atoms with Crippen LogP contribution in [0.3, 0.4) is 0 Å². The van der Waals surface area contributed by atoms with E-state index in [1.54, 1.807) is 114 Å². The van der Waals surface area contributed by atoms with Gasteiger partial charge in [-0.1, -0.05) is 127 Å². The van der Waals surface area contributed by atoms with Crippen molar-refractivity contribution in [1.29, 1.82) is 0 Å². The molecular weight excluding hydrogens is 995 g/mol. The van der Waals surface area contributed by atoms with Crippen molar-refractivity contribution in [2.45, 2.75) is 141 Å². The minimum Gasteiger partial charge on any atom is -0.481 e. The van der Waals surface area contributed by atoms with E-state index in [-0.39, 0.29) is 32.1 Å². The van der Waals surface area contributed by atoms with Crippen molar-refractivity contribution in [2.24, 2.45) is 23.5 Å². The van der Waals surface area contributed by atoms with Gasteiger partial charge in [-0.25, -0.2) is 4.79 Å². The second kappa shape index (κ2) is 29.8. The van der Waals surface area contributed by atoms with Crippen LogP contribution in [0.15, 0.2) is 91.1 Å². The summed E-state index contributed by atoms with van der Waals surface area (Å²) in [5.41, 5.74) is 8.56. The van der Waals surface area contributed by atoms with E-state index in [4.69, 9.17) is 10.8 Å². The molecule has 77 heavy (non-hydrogen) atoms. The normalized spacial score (nSPS) is 14.8. The molecule has 3 aromatic carbocycles. The Morgan fingerprint density at radius 2 is 0.896 bits per heavy atom. The zero-order valence-electron chi connectivity index (χ0n) is 44.2. The molecule has 0 aliphatic rings. The number of carbonyl (C=O) groups excluding carboxylic acids is 7. The first-order valence-corrected chi connectivity index (χ1v) is 25.7. The molecule has 0 spiro atoms. The fourth-order valence-electron chi connectivity index (χ4n) is 8.38. The molecule has 0 bridgehead atoms. The number of H-pyrrole nitrogens is 1. The zero-order chi connectivity index (χ0) is 56.9. The van der Waals surface area contributed by atoms with Crippen LogP contribution in [0.5, 0.6) is 0 Å². The Labute approximate surface area is 446 Å². The molecule has 7 amide bonds. The van der Waals surface area contributed by atoms with Gasteiger partial charge in [-0.2, -0.15) is 0 Å². The molecule has 9 atom stereocenters. The first kappa shape index (κ1) is 61.4. The number of carboxylic acids is 3. The van der Waals surface area contributed by atoms with Crippen molar-refractivity contribution in [3.63, 3.8) is 0 Å². The van der Waals surface area contributed by atoms with E-state index < -0.39 is 138 Å². The number of aromatic nitrogens is 1. The maximum absolute atomic E-state index is 14.5. The lowest BCUT2D eigenvalue weighted by molar-refractivity contribution is -0.142. The van der Waals surface area contributed by atoms with E-state index in [0.29, 0.717) is 23.1 Å². The molecule has 0 radical (unpaired) electrons. The third-order valence-electron chi connectivity index (χ3n) is 13.1. The van der Waals surface area contributed by atoms with Crippen LogP contribution >= 0.6 is 0 Å². The number of carboxylic acid groups (broad SMARTS) is 3. The highest BCUT2D eigenvalue weighted by Gasteiger charge is 2.37. The summed E-state index contributed by atoms with van der Waals surface area (Å²) in [5.74, 6) is -11.4. The van der Waals surface area contributed by atoms with Gasteiger partial charge < -0.3 is 63.3 Å². The van der Waals surface area contributed by atoms with Crippen molar-refractivity contribution in [3.8, 4) is 0 Å². The van der Waals surface area contributed by atoms with Crippen molar-refractivity contribution in [1.82, 2.24) is 42.2 Å². The van der Waals surface area contributed by atoms with Crippen molar-refractivity contribution in [3.05, 3.63) is 108 Å². The molecular formula is C55H73N9O13. The quantitative estimate of drug-likeness (QED) is 0.0344. The molecule has 0 unspecified atom stereocenters. The third kappa shape index (κ3) is 19.2. The lowest BCUT2D eigenvalue weighted by Gasteiger charge is -2.30. The fraction of sp³-hybridized carbons (Fsp3) is 0.455. The van der Waals surface area contributed by atoms with Crippen molar-refractivity contribution in [2.75, 3.05) is 0 Å². The average molecular weight is 1070 g/mol. The Hall–Kier alpha value is -8.14. The third-order valence-corrected chi connectivity index (χ3v) is 13.1. The maximum atomic E-state index is 14.5. The van der Waals surface area contributed by atoms with Gasteiger partial charge in [-0.05, 0) is 53.4 Å². The van der Waals surface area contributed by atoms with Gasteiger partial charge in [0.15, 0.2) is 0 Å². The molecule has 0 saturated heterocycles. The summed E-state index contributed by atoms with van der Waals surface area (Å²) in [5, 5.41) is 48.1. The Kier molecular flexibility index (Phi) is 23.8. The van der Waals surface area contributed by atoms with Gasteiger partial charge in [-0.15, -0.1) is 0 Å². The van der Waals surface area contributed by atoms with E-state index in [2.05, 4.69) is 42.2 Å². The number of rotatable bonds is 31. The molecule has 0 saturated carbocycles. The minimum atomic E-state index is -1.60. The van der Waals surface area contributed by atoms with Gasteiger partial charge in [-0.3, -0.25) is 43.2 Å². The summed E-state index contributed by atoms with van der Waals surface area (Å²) in [6.45, 7) is 9.96. The van der Waals surface area contributed by atoms with Gasteiger partial charge in [0.1, 0.15) is 42.3 Å². The number of amides is 7. The molecule has 22 heteroatoms. The summed E-state index contributed by atoms with van der Waals surface area (Å²) in [7, 11) is 0. The standard InChI is InChI=1S/C55H73N9O13/c1-7-32(6)47(64-48(69)37(56)22-24-43(65)66)54(75)60-41(27-34-18-12-9-13-19-34)51(72)59-40(26-33-16-10-8-11-17-33)50(71)58-39(23-25-44(67)68)49(70)62-46(31(4)5)53(74)63-45(30(2)3)52(73)61-42(55(76)77)28-35-29-57-38-21-15-14-20-36(35)38/h8-21,29-32,37,39-42,45-47,57H,7,22-28,56H2,1-6H3,(H,58,71)(H,59,72)(H,60,75)(H,61,73)(H,62,70)(H,63,74)(H,64,69)(H,65,66)(H,67,68)(H,76,77)/t32-,37-,39-,40-,41-,42-,45-,46-,47-/m0/s1. The molecule has 4 rings (SSSR count). The van der Waals surface area contributed by atoms with Gasteiger partial charge >= 0.3 is 17.9 Å². The maximum Gasteiger partial charge on any atom is 0.326 e. The van der Waals surface area contributed by atoms with Crippen LogP contribution in [-0.2, 0) is 67.2 Å². The van der Waals surface area contributed by atoms with E-state index in [9.17, 15) is 58.2 Å². The number of carbonyl (C=O) groups is 10. The number of hydrogen-bond donors (Lipinski definition) is 12. The average Bonchev–Trinajstić information content (AvgIpc) is 3.80. The molecule has 13 N–H and O–H groups in total. The molecule has 0 fully saturated rings. The topological polar surface area (TPSA) is 357 Å². The summed E-state index contributed by atoms with van der Waals surface area (Å²) in [6.07, 6.45) is 0.0636. The smallest absolute Gasteiger partial charge is 0.326 e. The summed E-state index contributed by atoms with van der Waals surface area (Å²) < 4.78 is 0. The lowest BCUT2D eigenvalue weighted by Crippen LogP contribution is -2.62. The Bertz CT molecular complexity index is 2680. The summed E-state index contributed by atoms with van der Waals surface area (Å²) in [6, 6.07) is 13.5. The van der Waals surface area contributed by atoms with Crippen LogP contribution in [0.2, 0.25) is 0 Å². The number of para-hydroxylation sites is 1.